The lowest BCUT2D eigenvalue weighted by Crippen LogP contribution is -2.47. The van der Waals surface area contributed by atoms with E-state index in [9.17, 15) is 0 Å². The number of fused-ring (bicyclic) bond motifs is 1. The van der Waals surface area contributed by atoms with Crippen LogP contribution in [0.3, 0.4) is 0 Å². The lowest BCUT2D eigenvalue weighted by Gasteiger charge is -2.33. The molecule has 0 aliphatic carbocycles. The minimum Gasteiger partial charge on any atom is -0.374 e. The Kier molecular flexibility index (Phi) is 5.54. The van der Waals surface area contributed by atoms with E-state index in [1.54, 1.807) is 0 Å². The maximum Gasteiger partial charge on any atom is 0.190 e. The quantitative estimate of drug-likeness (QED) is 0.721. The predicted octanol–water partition coefficient (Wildman–Crippen LogP) is 4.06. The van der Waals surface area contributed by atoms with E-state index in [1.807, 2.05) is 81.4 Å². The van der Waals surface area contributed by atoms with Gasteiger partial charge in [-0.1, -0.05) is 60.7 Å². The second-order valence-electron chi connectivity index (χ2n) is 8.09. The van der Waals surface area contributed by atoms with Gasteiger partial charge in [-0.25, -0.2) is 0 Å². The van der Waals surface area contributed by atoms with Crippen LogP contribution in [0.25, 0.3) is 0 Å². The molecule has 0 amide bonds. The second-order valence-corrected chi connectivity index (χ2v) is 8.09. The van der Waals surface area contributed by atoms with Crippen molar-refractivity contribution in [2.24, 2.45) is 0 Å². The molecule has 28 heavy (non-hydrogen) atoms. The first-order valence-corrected chi connectivity index (χ1v) is 9.76. The molecule has 0 bridgehead atoms. The number of hydrogen-bond donors (Lipinski definition) is 0. The molecule has 5 heteroatoms. The highest BCUT2D eigenvalue weighted by atomic mass is 16.8. The van der Waals surface area contributed by atoms with Gasteiger partial charge in [-0.3, -0.25) is 0 Å². The molecule has 0 spiro atoms. The molecule has 4 rings (SSSR count). The molecule has 150 valence electrons. The zero-order valence-electron chi connectivity index (χ0n) is 16.7. The largest absolute Gasteiger partial charge is 0.374 e. The van der Waals surface area contributed by atoms with E-state index in [2.05, 4.69) is 0 Å². The molecule has 2 heterocycles. The summed E-state index contributed by atoms with van der Waals surface area (Å²) < 4.78 is 30.6. The summed E-state index contributed by atoms with van der Waals surface area (Å²) in [4.78, 5) is 0. The first kappa shape index (κ1) is 19.6. The maximum absolute atomic E-state index is 6.30. The van der Waals surface area contributed by atoms with Crippen LogP contribution in [0.4, 0.5) is 0 Å². The predicted molar refractivity (Wildman–Crippen MR) is 104 cm³/mol. The van der Waals surface area contributed by atoms with Crippen LogP contribution in [-0.2, 0) is 36.9 Å². The maximum atomic E-state index is 6.30. The van der Waals surface area contributed by atoms with E-state index < -0.39 is 17.7 Å². The summed E-state index contributed by atoms with van der Waals surface area (Å²) in [6.45, 7) is 7.19. The van der Waals surface area contributed by atoms with Gasteiger partial charge in [0.1, 0.15) is 17.8 Å². The van der Waals surface area contributed by atoms with Crippen molar-refractivity contribution in [3.05, 3.63) is 71.8 Å². The third-order valence-corrected chi connectivity index (χ3v) is 5.15. The van der Waals surface area contributed by atoms with Crippen LogP contribution in [0.2, 0.25) is 0 Å². The van der Waals surface area contributed by atoms with E-state index in [4.69, 9.17) is 23.7 Å². The first-order chi connectivity index (χ1) is 13.5. The van der Waals surface area contributed by atoms with Crippen molar-refractivity contribution >= 4 is 0 Å². The van der Waals surface area contributed by atoms with E-state index >= 15 is 0 Å². The lowest BCUT2D eigenvalue weighted by atomic mass is 9.98. The highest BCUT2D eigenvalue weighted by Crippen LogP contribution is 2.44. The van der Waals surface area contributed by atoms with E-state index in [-0.39, 0.29) is 12.2 Å². The van der Waals surface area contributed by atoms with E-state index in [0.717, 1.165) is 11.1 Å². The molecule has 2 aliphatic rings. The van der Waals surface area contributed by atoms with Crippen molar-refractivity contribution in [1.29, 1.82) is 0 Å². The molecule has 2 aliphatic heterocycles. The molecule has 2 fully saturated rings. The number of hydrogen-bond acceptors (Lipinski definition) is 5. The van der Waals surface area contributed by atoms with Crippen LogP contribution in [0.5, 0.6) is 0 Å². The summed E-state index contributed by atoms with van der Waals surface area (Å²) in [5, 5.41) is 0. The van der Waals surface area contributed by atoms with Crippen LogP contribution in [0.15, 0.2) is 60.7 Å². The standard InChI is InChI=1S/C23H28O5/c1-22(2)26-19-20(25-15-18-12-8-5-9-13-18)23(3,28-21(19)27-22)16-24-14-17-10-6-4-7-11-17/h4-13,19-21H,14-16H2,1-3H3/t19-,20+,21?,23-/m1/s1. The Bertz CT molecular complexity index is 763. The van der Waals surface area contributed by atoms with Gasteiger partial charge in [0.2, 0.25) is 0 Å². The molecule has 2 aromatic carbocycles. The third-order valence-electron chi connectivity index (χ3n) is 5.15. The fourth-order valence-electron chi connectivity index (χ4n) is 3.83. The second kappa shape index (κ2) is 7.93. The summed E-state index contributed by atoms with van der Waals surface area (Å²) >= 11 is 0. The minimum absolute atomic E-state index is 0.288. The topological polar surface area (TPSA) is 46.2 Å². The molecular weight excluding hydrogens is 356 g/mol. The fourth-order valence-corrected chi connectivity index (χ4v) is 3.83. The van der Waals surface area contributed by atoms with E-state index in [0.29, 0.717) is 19.8 Å². The average molecular weight is 384 g/mol. The Labute approximate surface area is 166 Å². The Balaban J connectivity index is 1.44. The number of ether oxygens (including phenoxy) is 5. The van der Waals surface area contributed by atoms with Crippen molar-refractivity contribution < 1.29 is 23.7 Å². The number of benzene rings is 2. The van der Waals surface area contributed by atoms with Crippen molar-refractivity contribution in [1.82, 2.24) is 0 Å². The summed E-state index contributed by atoms with van der Waals surface area (Å²) in [7, 11) is 0. The molecule has 0 saturated carbocycles. The molecule has 5 nitrogen and oxygen atoms in total. The van der Waals surface area contributed by atoms with Gasteiger partial charge in [0.15, 0.2) is 12.1 Å². The van der Waals surface area contributed by atoms with Gasteiger partial charge in [0.25, 0.3) is 0 Å². The van der Waals surface area contributed by atoms with Crippen LogP contribution in [0, 0.1) is 0 Å². The average Bonchev–Trinajstić information content (AvgIpc) is 3.09. The van der Waals surface area contributed by atoms with Crippen LogP contribution >= 0.6 is 0 Å². The van der Waals surface area contributed by atoms with Gasteiger partial charge in [0, 0.05) is 0 Å². The smallest absolute Gasteiger partial charge is 0.190 e. The molecule has 2 aromatic rings. The monoisotopic (exact) mass is 384 g/mol. The first-order valence-electron chi connectivity index (χ1n) is 9.76. The Morgan fingerprint density at radius 3 is 2.04 bits per heavy atom. The molecule has 1 unspecified atom stereocenters. The normalized spacial score (nSPS) is 31.0. The van der Waals surface area contributed by atoms with Crippen LogP contribution in [0.1, 0.15) is 31.9 Å². The van der Waals surface area contributed by atoms with Crippen molar-refractivity contribution in [3.8, 4) is 0 Å². The summed E-state index contributed by atoms with van der Waals surface area (Å²) in [6, 6.07) is 20.2. The van der Waals surface area contributed by atoms with Gasteiger partial charge < -0.3 is 23.7 Å². The van der Waals surface area contributed by atoms with Crippen LogP contribution < -0.4 is 0 Å². The lowest BCUT2D eigenvalue weighted by molar-refractivity contribution is -0.250. The molecule has 0 N–H and O–H groups in total. The van der Waals surface area contributed by atoms with Gasteiger partial charge >= 0.3 is 0 Å². The van der Waals surface area contributed by atoms with E-state index in [1.165, 1.54) is 0 Å². The minimum atomic E-state index is -0.685. The molecular formula is C23H28O5. The van der Waals surface area contributed by atoms with Gasteiger partial charge in [-0.15, -0.1) is 0 Å². The summed E-state index contributed by atoms with van der Waals surface area (Å²) in [6.07, 6.45) is -1.04. The Morgan fingerprint density at radius 2 is 1.39 bits per heavy atom. The third kappa shape index (κ3) is 4.29. The van der Waals surface area contributed by atoms with Crippen LogP contribution in [-0.4, -0.2) is 36.5 Å². The Hall–Kier alpha value is -1.76. The zero-order valence-corrected chi connectivity index (χ0v) is 16.7. The molecule has 0 aromatic heterocycles. The molecule has 2 saturated heterocycles. The van der Waals surface area contributed by atoms with Gasteiger partial charge in [-0.05, 0) is 31.9 Å². The summed E-state index contributed by atoms with van der Waals surface area (Å²) in [5.41, 5.74) is 1.58. The summed E-state index contributed by atoms with van der Waals surface area (Å²) in [5.74, 6) is -0.685. The fraction of sp³-hybridized carbons (Fsp3) is 0.478. The Morgan fingerprint density at radius 1 is 0.786 bits per heavy atom. The molecule has 4 atom stereocenters. The number of rotatable bonds is 7. The van der Waals surface area contributed by atoms with Crippen molar-refractivity contribution in [2.45, 2.75) is 63.9 Å². The highest BCUT2D eigenvalue weighted by Gasteiger charge is 2.60. The van der Waals surface area contributed by atoms with Crippen molar-refractivity contribution in [2.75, 3.05) is 6.61 Å². The molecule has 0 radical (unpaired) electrons. The van der Waals surface area contributed by atoms with Gasteiger partial charge in [0.05, 0.1) is 19.8 Å². The van der Waals surface area contributed by atoms with Gasteiger partial charge in [-0.2, -0.15) is 0 Å². The SMILES string of the molecule is CC1(C)OC2O[C@](C)(COCc3ccccc3)[C@@H](OCc3ccccc3)[C@H]2O1. The highest BCUT2D eigenvalue weighted by molar-refractivity contribution is 5.15. The van der Waals surface area contributed by atoms with Crippen molar-refractivity contribution in [3.63, 3.8) is 0 Å². The zero-order chi connectivity index (χ0) is 19.6.